The van der Waals surface area contributed by atoms with Gasteiger partial charge in [0.1, 0.15) is 0 Å². The van der Waals surface area contributed by atoms with E-state index in [-0.39, 0.29) is 34.6 Å². The second-order valence-corrected chi connectivity index (χ2v) is 6.62. The second-order valence-electron chi connectivity index (χ2n) is 6.62. The molecule has 0 amide bonds. The molecule has 0 bridgehead atoms. The van der Waals surface area contributed by atoms with Gasteiger partial charge in [-0.15, -0.1) is 24.0 Å². The van der Waals surface area contributed by atoms with Crippen molar-refractivity contribution in [3.05, 3.63) is 70.3 Å². The summed E-state index contributed by atoms with van der Waals surface area (Å²) in [6.07, 6.45) is 2.20. The molecule has 3 rings (SSSR count). The Hall–Kier alpha value is -2.36. The van der Waals surface area contributed by atoms with Gasteiger partial charge in [0, 0.05) is 50.5 Å². The summed E-state index contributed by atoms with van der Waals surface area (Å²) in [4.78, 5) is 17.2. The van der Waals surface area contributed by atoms with Crippen LogP contribution in [0, 0.1) is 10.1 Å². The summed E-state index contributed by atoms with van der Waals surface area (Å²) in [5.41, 5.74) is 2.19. The van der Waals surface area contributed by atoms with Crippen LogP contribution in [-0.4, -0.2) is 37.1 Å². The largest absolute Gasteiger partial charge is 0.369 e. The van der Waals surface area contributed by atoms with Crippen LogP contribution in [0.4, 0.5) is 11.4 Å². The first-order valence-electron chi connectivity index (χ1n) is 9.16. The average molecular weight is 495 g/mol. The van der Waals surface area contributed by atoms with Gasteiger partial charge in [0.05, 0.1) is 4.92 Å². The summed E-state index contributed by atoms with van der Waals surface area (Å²) >= 11 is 0. The van der Waals surface area contributed by atoms with E-state index in [2.05, 4.69) is 44.8 Å². The van der Waals surface area contributed by atoms with Crippen molar-refractivity contribution < 1.29 is 4.92 Å². The zero-order valence-corrected chi connectivity index (χ0v) is 18.2. The number of non-ortho nitro benzene ring substituents is 1. The molecule has 1 unspecified atom stereocenters. The number of hydrogen-bond donors (Lipinski definition) is 2. The molecule has 1 fully saturated rings. The molecular weight excluding hydrogens is 469 g/mol. The normalized spacial score (nSPS) is 16.8. The smallest absolute Gasteiger partial charge is 0.269 e. The number of nitrogens with one attached hydrogen (secondary N) is 2. The van der Waals surface area contributed by atoms with Crippen molar-refractivity contribution in [1.29, 1.82) is 0 Å². The molecular formula is C20H26IN5O2. The van der Waals surface area contributed by atoms with Crippen molar-refractivity contribution in [2.45, 2.75) is 25.4 Å². The Morgan fingerprint density at radius 3 is 2.75 bits per heavy atom. The minimum atomic E-state index is -0.378. The fraction of sp³-hybridized carbons (Fsp3) is 0.350. The minimum Gasteiger partial charge on any atom is -0.369 e. The summed E-state index contributed by atoms with van der Waals surface area (Å²) in [7, 11) is 1.74. The minimum absolute atomic E-state index is 0. The third-order valence-corrected chi connectivity index (χ3v) is 4.69. The number of anilines is 1. The first-order chi connectivity index (χ1) is 13.2. The van der Waals surface area contributed by atoms with E-state index in [9.17, 15) is 10.1 Å². The molecule has 0 spiro atoms. The van der Waals surface area contributed by atoms with Crippen LogP contribution in [0.15, 0.2) is 59.6 Å². The number of guanidine groups is 1. The van der Waals surface area contributed by atoms with E-state index in [1.54, 1.807) is 19.2 Å². The molecule has 0 aromatic heterocycles. The highest BCUT2D eigenvalue weighted by Crippen LogP contribution is 2.19. The Morgan fingerprint density at radius 2 is 2.04 bits per heavy atom. The van der Waals surface area contributed by atoms with Gasteiger partial charge in [-0.05, 0) is 30.5 Å². The quantitative estimate of drug-likeness (QED) is 0.218. The van der Waals surface area contributed by atoms with E-state index in [0.717, 1.165) is 31.5 Å². The molecule has 0 saturated carbocycles. The average Bonchev–Trinajstić information content (AvgIpc) is 2.72. The van der Waals surface area contributed by atoms with Gasteiger partial charge in [0.15, 0.2) is 5.96 Å². The van der Waals surface area contributed by atoms with Crippen molar-refractivity contribution in [2.75, 3.05) is 25.0 Å². The van der Waals surface area contributed by atoms with Crippen LogP contribution in [0.3, 0.4) is 0 Å². The number of piperidine rings is 1. The molecule has 7 nitrogen and oxygen atoms in total. The summed E-state index contributed by atoms with van der Waals surface area (Å²) in [6, 6.07) is 17.4. The predicted octanol–water partition coefficient (Wildman–Crippen LogP) is 3.55. The van der Waals surface area contributed by atoms with Gasteiger partial charge >= 0.3 is 0 Å². The number of aliphatic imine (C=N–C) groups is 1. The highest BCUT2D eigenvalue weighted by atomic mass is 127. The third kappa shape index (κ3) is 6.08. The number of nitro benzene ring substituents is 1. The van der Waals surface area contributed by atoms with Crippen molar-refractivity contribution in [2.24, 2.45) is 4.99 Å². The summed E-state index contributed by atoms with van der Waals surface area (Å²) < 4.78 is 0. The number of benzene rings is 2. The molecule has 2 aromatic rings. The van der Waals surface area contributed by atoms with Gasteiger partial charge in [0.25, 0.3) is 5.69 Å². The van der Waals surface area contributed by atoms with Crippen LogP contribution < -0.4 is 15.5 Å². The molecule has 150 valence electrons. The molecule has 1 aliphatic rings. The van der Waals surface area contributed by atoms with Gasteiger partial charge in [-0.1, -0.05) is 30.3 Å². The standard InChI is InChI=1S/C20H25N5O2.HI/c1-21-20(22-14-16-7-5-11-19(13-16)25(26)27)23-17-8-6-12-24(15-17)18-9-3-2-4-10-18;/h2-5,7,9-11,13,17H,6,8,12,14-15H2,1H3,(H2,21,22,23);1H. The van der Waals surface area contributed by atoms with Crippen molar-refractivity contribution in [1.82, 2.24) is 10.6 Å². The van der Waals surface area contributed by atoms with E-state index in [1.165, 1.54) is 11.8 Å². The third-order valence-electron chi connectivity index (χ3n) is 4.69. The van der Waals surface area contributed by atoms with Crippen LogP contribution in [0.2, 0.25) is 0 Å². The molecule has 1 atom stereocenters. The van der Waals surface area contributed by atoms with Gasteiger partial charge in [-0.3, -0.25) is 15.1 Å². The van der Waals surface area contributed by atoms with Crippen LogP contribution >= 0.6 is 24.0 Å². The second kappa shape index (κ2) is 10.8. The fourth-order valence-corrected chi connectivity index (χ4v) is 3.32. The number of rotatable bonds is 5. The number of nitrogens with zero attached hydrogens (tertiary/aromatic N) is 3. The highest BCUT2D eigenvalue weighted by molar-refractivity contribution is 14.0. The maximum Gasteiger partial charge on any atom is 0.269 e. The molecule has 0 aliphatic carbocycles. The Kier molecular flexibility index (Phi) is 8.49. The zero-order chi connectivity index (χ0) is 19.1. The van der Waals surface area contributed by atoms with E-state index in [0.29, 0.717) is 18.5 Å². The molecule has 28 heavy (non-hydrogen) atoms. The van der Waals surface area contributed by atoms with Gasteiger partial charge in [0.2, 0.25) is 0 Å². The van der Waals surface area contributed by atoms with Crippen molar-refractivity contribution in [3.8, 4) is 0 Å². The lowest BCUT2D eigenvalue weighted by molar-refractivity contribution is -0.384. The van der Waals surface area contributed by atoms with E-state index < -0.39 is 0 Å². The van der Waals surface area contributed by atoms with Crippen molar-refractivity contribution in [3.63, 3.8) is 0 Å². The molecule has 8 heteroatoms. The number of para-hydroxylation sites is 1. The lowest BCUT2D eigenvalue weighted by atomic mass is 10.0. The summed E-state index contributed by atoms with van der Waals surface area (Å²) in [5.74, 6) is 0.710. The Balaban J connectivity index is 0.00000280. The molecule has 1 saturated heterocycles. The van der Waals surface area contributed by atoms with Gasteiger partial charge < -0.3 is 15.5 Å². The molecule has 1 aliphatic heterocycles. The lowest BCUT2D eigenvalue weighted by Gasteiger charge is -2.35. The Bertz CT molecular complexity index is 800. The fourth-order valence-electron chi connectivity index (χ4n) is 3.32. The highest BCUT2D eigenvalue weighted by Gasteiger charge is 2.20. The zero-order valence-electron chi connectivity index (χ0n) is 15.9. The molecule has 0 radical (unpaired) electrons. The summed E-state index contributed by atoms with van der Waals surface area (Å²) in [5, 5.41) is 17.6. The first-order valence-corrected chi connectivity index (χ1v) is 9.16. The van der Waals surface area contributed by atoms with Gasteiger partial charge in [-0.2, -0.15) is 0 Å². The van der Waals surface area contributed by atoms with Crippen LogP contribution in [0.1, 0.15) is 18.4 Å². The predicted molar refractivity (Wildman–Crippen MR) is 124 cm³/mol. The SMILES string of the molecule is CN=C(NCc1cccc([N+](=O)[O-])c1)NC1CCCN(c2ccccc2)C1.I. The number of hydrogen-bond acceptors (Lipinski definition) is 4. The summed E-state index contributed by atoms with van der Waals surface area (Å²) in [6.45, 7) is 2.46. The van der Waals surface area contributed by atoms with E-state index >= 15 is 0 Å². The van der Waals surface area contributed by atoms with Crippen LogP contribution in [0.5, 0.6) is 0 Å². The maximum atomic E-state index is 10.9. The Labute approximate surface area is 182 Å². The van der Waals surface area contributed by atoms with E-state index in [1.807, 2.05) is 12.1 Å². The monoisotopic (exact) mass is 495 g/mol. The van der Waals surface area contributed by atoms with E-state index in [4.69, 9.17) is 0 Å². The molecule has 2 N–H and O–H groups in total. The number of nitro groups is 1. The van der Waals surface area contributed by atoms with Crippen LogP contribution in [-0.2, 0) is 6.54 Å². The van der Waals surface area contributed by atoms with Gasteiger partial charge in [-0.25, -0.2) is 0 Å². The Morgan fingerprint density at radius 1 is 1.25 bits per heavy atom. The van der Waals surface area contributed by atoms with Crippen molar-refractivity contribution >= 4 is 41.3 Å². The first kappa shape index (κ1) is 21.9. The maximum absolute atomic E-state index is 10.9. The molecule has 1 heterocycles. The molecule has 2 aromatic carbocycles. The van der Waals surface area contributed by atoms with Crippen LogP contribution in [0.25, 0.3) is 0 Å². The lowest BCUT2D eigenvalue weighted by Crippen LogP contribution is -2.51. The topological polar surface area (TPSA) is 82.8 Å². The number of halogens is 1.